The third kappa shape index (κ3) is 5.90. The van der Waals surface area contributed by atoms with Gasteiger partial charge < -0.3 is 29.3 Å². The number of phenolic OH excluding ortho intramolecular Hbond substituents is 1. The number of halogens is 2. The van der Waals surface area contributed by atoms with Crippen LogP contribution in [-0.4, -0.2) is 101 Å². The molecule has 4 aromatic rings. The number of benzene rings is 2. The summed E-state index contributed by atoms with van der Waals surface area (Å²) in [4.78, 5) is 18.4. The average Bonchev–Trinajstić information content (AvgIpc) is 3.43. The molecule has 50 heavy (non-hydrogen) atoms. The fourth-order valence-electron chi connectivity index (χ4n) is 8.61. The zero-order valence-electron chi connectivity index (χ0n) is 28.1. The van der Waals surface area contributed by atoms with E-state index in [1.165, 1.54) is 30.5 Å². The summed E-state index contributed by atoms with van der Waals surface area (Å²) < 4.78 is 49.5. The molecule has 3 saturated heterocycles. The van der Waals surface area contributed by atoms with Crippen LogP contribution in [0.5, 0.6) is 11.8 Å². The number of ether oxygens (including phenoxy) is 3. The maximum Gasteiger partial charge on any atom is 0.319 e. The van der Waals surface area contributed by atoms with E-state index < -0.39 is 17.2 Å². The van der Waals surface area contributed by atoms with E-state index in [-0.39, 0.29) is 58.1 Å². The highest BCUT2D eigenvalue weighted by Crippen LogP contribution is 2.48. The van der Waals surface area contributed by atoms with Crippen LogP contribution in [0, 0.1) is 35.3 Å². The molecule has 2 N–H and O–H groups in total. The monoisotopic (exact) mass is 685 g/mol. The Morgan fingerprint density at radius 2 is 1.96 bits per heavy atom. The van der Waals surface area contributed by atoms with Gasteiger partial charge in [0.1, 0.15) is 34.2 Å². The summed E-state index contributed by atoms with van der Waals surface area (Å²) in [6, 6.07) is 5.87. The van der Waals surface area contributed by atoms with E-state index in [0.717, 1.165) is 58.4 Å². The molecule has 1 aliphatic carbocycles. The van der Waals surface area contributed by atoms with Gasteiger partial charge in [-0.3, -0.25) is 9.88 Å². The van der Waals surface area contributed by atoms with Gasteiger partial charge in [0, 0.05) is 47.6 Å². The molecular formula is C38H41F2N5O5. The lowest BCUT2D eigenvalue weighted by Gasteiger charge is -2.48. The van der Waals surface area contributed by atoms with E-state index >= 15 is 4.39 Å². The summed E-state index contributed by atoms with van der Waals surface area (Å²) in [6.07, 6.45) is 12.5. The topological polar surface area (TPSA) is 113 Å². The normalized spacial score (nSPS) is 26.1. The number of aromatic hydroxyl groups is 1. The molecule has 2 aromatic carbocycles. The third-order valence-corrected chi connectivity index (χ3v) is 11.0. The number of phenols is 1. The molecule has 4 fully saturated rings. The number of likely N-dealkylation sites (tertiary alicyclic amines) is 1. The first kappa shape index (κ1) is 33.0. The first-order valence-corrected chi connectivity index (χ1v) is 17.4. The van der Waals surface area contributed by atoms with Crippen molar-refractivity contribution in [2.75, 3.05) is 64.1 Å². The minimum atomic E-state index is -1.19. The minimum absolute atomic E-state index is 0.0222. The van der Waals surface area contributed by atoms with Gasteiger partial charge in [0.2, 0.25) is 0 Å². The molecule has 3 aliphatic heterocycles. The zero-order valence-corrected chi connectivity index (χ0v) is 28.1. The molecular weight excluding hydrogens is 644 g/mol. The Kier molecular flexibility index (Phi) is 8.50. The second-order valence-corrected chi connectivity index (χ2v) is 14.7. The van der Waals surface area contributed by atoms with E-state index in [2.05, 4.69) is 20.8 Å². The van der Waals surface area contributed by atoms with Crippen LogP contribution >= 0.6 is 0 Å². The van der Waals surface area contributed by atoms with Crippen molar-refractivity contribution < 1.29 is 33.2 Å². The molecule has 1 saturated carbocycles. The predicted molar refractivity (Wildman–Crippen MR) is 184 cm³/mol. The molecule has 5 heterocycles. The Balaban J connectivity index is 1.23. The standard InChI is InChI=1S/C38H41F2N5O5/c1-3-26-29(39)8-7-24-14-25(46)15-27(31(24)26)33-32(40)34-28(16-41-33)35(45-12-13-48-21-37(2,47)20-45)43-36(42-34)50-22-38-9-4-6-30(38)44(11-5-10-38)17-23-18-49-19-23/h1,7-8,14-16,23,30,46-47H,4-6,9-13,17-22H2,2H3/t30-,37-,38-/m1/s1. The molecule has 2 aromatic heterocycles. The zero-order chi connectivity index (χ0) is 34.6. The molecule has 3 atom stereocenters. The Morgan fingerprint density at radius 1 is 1.12 bits per heavy atom. The van der Waals surface area contributed by atoms with Crippen molar-refractivity contribution in [3.8, 4) is 35.4 Å². The van der Waals surface area contributed by atoms with Crippen LogP contribution in [0.2, 0.25) is 0 Å². The molecule has 8 rings (SSSR count). The predicted octanol–water partition coefficient (Wildman–Crippen LogP) is 5.06. The lowest BCUT2D eigenvalue weighted by atomic mass is 9.75. The summed E-state index contributed by atoms with van der Waals surface area (Å²) in [5.74, 6) is 1.72. The van der Waals surface area contributed by atoms with Gasteiger partial charge in [0.25, 0.3) is 0 Å². The summed E-state index contributed by atoms with van der Waals surface area (Å²) >= 11 is 0. The largest absolute Gasteiger partial charge is 0.508 e. The molecule has 4 aliphatic rings. The summed E-state index contributed by atoms with van der Waals surface area (Å²) in [5.41, 5.74) is -1.39. The highest BCUT2D eigenvalue weighted by Gasteiger charge is 2.49. The number of aliphatic hydroxyl groups is 1. The lowest BCUT2D eigenvalue weighted by Crippen LogP contribution is -2.54. The number of nitrogens with zero attached hydrogens (tertiary/aromatic N) is 5. The third-order valence-electron chi connectivity index (χ3n) is 11.0. The molecule has 0 amide bonds. The van der Waals surface area contributed by atoms with Crippen molar-refractivity contribution in [2.45, 2.75) is 50.7 Å². The maximum absolute atomic E-state index is 17.0. The van der Waals surface area contributed by atoms with Crippen molar-refractivity contribution in [3.05, 3.63) is 47.7 Å². The van der Waals surface area contributed by atoms with E-state index in [9.17, 15) is 14.6 Å². The van der Waals surface area contributed by atoms with Gasteiger partial charge >= 0.3 is 6.01 Å². The van der Waals surface area contributed by atoms with Crippen LogP contribution < -0.4 is 9.64 Å². The summed E-state index contributed by atoms with van der Waals surface area (Å²) in [5, 5.41) is 22.6. The Labute approximate surface area is 289 Å². The maximum atomic E-state index is 17.0. The van der Waals surface area contributed by atoms with Crippen molar-refractivity contribution in [1.29, 1.82) is 0 Å². The Morgan fingerprint density at radius 3 is 2.76 bits per heavy atom. The number of anilines is 1. The molecule has 10 nitrogen and oxygen atoms in total. The molecule has 0 bridgehead atoms. The number of aromatic nitrogens is 3. The second-order valence-electron chi connectivity index (χ2n) is 14.7. The number of piperidine rings is 1. The van der Waals surface area contributed by atoms with Crippen LogP contribution in [-0.2, 0) is 9.47 Å². The Bertz CT molecular complexity index is 2000. The van der Waals surface area contributed by atoms with Gasteiger partial charge in [-0.05, 0) is 62.7 Å². The second kappa shape index (κ2) is 12.9. The number of β-amino-alcohol motifs (C(OH)–C–C–N with tert-alkyl or cyclic N) is 1. The van der Waals surface area contributed by atoms with Crippen LogP contribution in [0.1, 0.15) is 44.6 Å². The number of hydrogen-bond donors (Lipinski definition) is 2. The van der Waals surface area contributed by atoms with E-state index in [4.69, 9.17) is 25.6 Å². The highest BCUT2D eigenvalue weighted by atomic mass is 19.1. The molecule has 0 unspecified atom stereocenters. The van der Waals surface area contributed by atoms with Gasteiger partial charge in [0.15, 0.2) is 5.82 Å². The number of rotatable bonds is 7. The minimum Gasteiger partial charge on any atom is -0.508 e. The van der Waals surface area contributed by atoms with Crippen LogP contribution in [0.25, 0.3) is 32.9 Å². The van der Waals surface area contributed by atoms with Gasteiger partial charge in [-0.25, -0.2) is 8.78 Å². The van der Waals surface area contributed by atoms with Gasteiger partial charge in [-0.2, -0.15) is 9.97 Å². The van der Waals surface area contributed by atoms with E-state index in [1.807, 2.05) is 4.90 Å². The van der Waals surface area contributed by atoms with Gasteiger partial charge in [-0.1, -0.05) is 18.4 Å². The lowest BCUT2D eigenvalue weighted by molar-refractivity contribution is -0.0731. The molecule has 262 valence electrons. The van der Waals surface area contributed by atoms with Crippen molar-refractivity contribution in [3.63, 3.8) is 0 Å². The first-order chi connectivity index (χ1) is 24.1. The molecule has 0 spiro atoms. The number of terminal acetylenes is 1. The molecule has 0 radical (unpaired) electrons. The molecule has 12 heteroatoms. The highest BCUT2D eigenvalue weighted by molar-refractivity contribution is 6.03. The smallest absolute Gasteiger partial charge is 0.319 e. The Hall–Kier alpha value is -4.15. The fourth-order valence-corrected chi connectivity index (χ4v) is 8.61. The quantitative estimate of drug-likeness (QED) is 0.256. The number of fused-ring (bicyclic) bond motifs is 3. The van der Waals surface area contributed by atoms with E-state index in [1.54, 1.807) is 6.92 Å². The van der Waals surface area contributed by atoms with Crippen molar-refractivity contribution in [2.24, 2.45) is 11.3 Å². The van der Waals surface area contributed by atoms with Crippen LogP contribution in [0.3, 0.4) is 0 Å². The first-order valence-electron chi connectivity index (χ1n) is 17.4. The number of hydrogen-bond acceptors (Lipinski definition) is 10. The van der Waals surface area contributed by atoms with Crippen molar-refractivity contribution >= 4 is 27.5 Å². The van der Waals surface area contributed by atoms with E-state index in [0.29, 0.717) is 48.3 Å². The van der Waals surface area contributed by atoms with Gasteiger partial charge in [-0.15, -0.1) is 6.42 Å². The summed E-state index contributed by atoms with van der Waals surface area (Å²) in [6.45, 7) is 6.82. The van der Waals surface area contributed by atoms with Crippen LogP contribution in [0.4, 0.5) is 14.6 Å². The summed E-state index contributed by atoms with van der Waals surface area (Å²) in [7, 11) is 0. The SMILES string of the molecule is C#Cc1c(F)ccc2cc(O)cc(-c3ncc4c(N5CCOC[C@](C)(O)C5)nc(OC[C@]56CCC[C@H]5N(CC5COC5)CCC6)nc4c3F)c12. The van der Waals surface area contributed by atoms with Crippen molar-refractivity contribution in [1.82, 2.24) is 19.9 Å². The number of pyridine rings is 1. The van der Waals surface area contributed by atoms with Gasteiger partial charge in [0.05, 0.1) is 50.5 Å². The average molecular weight is 686 g/mol. The van der Waals surface area contributed by atoms with Crippen LogP contribution in [0.15, 0.2) is 30.5 Å². The fraction of sp³-hybridized carbons (Fsp3) is 0.500.